The lowest BCUT2D eigenvalue weighted by Gasteiger charge is -2.24. The van der Waals surface area contributed by atoms with Crippen LogP contribution in [-0.4, -0.2) is 36.6 Å². The van der Waals surface area contributed by atoms with Gasteiger partial charge in [-0.25, -0.2) is 4.98 Å². The first-order valence-corrected chi connectivity index (χ1v) is 9.05. The number of aromatic hydroxyl groups is 1. The summed E-state index contributed by atoms with van der Waals surface area (Å²) in [5.74, 6) is 1.16. The molecule has 136 valence electrons. The van der Waals surface area contributed by atoms with E-state index in [1.807, 2.05) is 6.07 Å². The number of imidazole rings is 1. The maximum atomic E-state index is 10.5. The summed E-state index contributed by atoms with van der Waals surface area (Å²) in [6.07, 6.45) is 3.76. The molecule has 0 saturated carbocycles. The van der Waals surface area contributed by atoms with Gasteiger partial charge in [-0.3, -0.25) is 9.88 Å². The summed E-state index contributed by atoms with van der Waals surface area (Å²) in [5, 5.41) is 20.1. The van der Waals surface area contributed by atoms with Gasteiger partial charge in [-0.15, -0.1) is 0 Å². The zero-order valence-corrected chi connectivity index (χ0v) is 15.2. The molecule has 1 unspecified atom stereocenters. The second-order valence-corrected chi connectivity index (χ2v) is 7.08. The van der Waals surface area contributed by atoms with E-state index < -0.39 is 0 Å². The van der Waals surface area contributed by atoms with E-state index in [0.29, 0.717) is 17.8 Å². The number of likely N-dealkylation sites (tertiary alicyclic amines) is 1. The SMILES string of the molecule is Cc1ncc(CO)c(CN2CCCC2c2nc3c(C)cccc3[nH]2)c1O. The number of hydrogen-bond acceptors (Lipinski definition) is 5. The van der Waals surface area contributed by atoms with Gasteiger partial charge >= 0.3 is 0 Å². The summed E-state index contributed by atoms with van der Waals surface area (Å²) in [6, 6.07) is 6.35. The van der Waals surface area contributed by atoms with Gasteiger partial charge in [0.15, 0.2) is 0 Å². The number of hydrogen-bond donors (Lipinski definition) is 3. The lowest BCUT2D eigenvalue weighted by molar-refractivity contribution is 0.231. The molecule has 6 nitrogen and oxygen atoms in total. The molecule has 2 aromatic heterocycles. The first-order chi connectivity index (χ1) is 12.6. The van der Waals surface area contributed by atoms with Gasteiger partial charge in [0.25, 0.3) is 0 Å². The molecule has 1 aliphatic heterocycles. The fourth-order valence-corrected chi connectivity index (χ4v) is 3.88. The minimum atomic E-state index is -0.126. The molecule has 0 aliphatic carbocycles. The number of fused-ring (bicyclic) bond motifs is 1. The highest BCUT2D eigenvalue weighted by atomic mass is 16.3. The molecule has 3 aromatic rings. The Morgan fingerprint density at radius 3 is 2.92 bits per heavy atom. The van der Waals surface area contributed by atoms with Crippen LogP contribution in [0.4, 0.5) is 0 Å². The maximum Gasteiger partial charge on any atom is 0.141 e. The highest BCUT2D eigenvalue weighted by Gasteiger charge is 2.30. The first-order valence-electron chi connectivity index (χ1n) is 9.05. The van der Waals surface area contributed by atoms with Crippen LogP contribution in [0.5, 0.6) is 5.75 Å². The highest BCUT2D eigenvalue weighted by molar-refractivity contribution is 5.78. The van der Waals surface area contributed by atoms with Crippen molar-refractivity contribution in [2.75, 3.05) is 6.54 Å². The van der Waals surface area contributed by atoms with Crippen molar-refractivity contribution in [3.8, 4) is 5.75 Å². The van der Waals surface area contributed by atoms with Crippen LogP contribution in [0.25, 0.3) is 11.0 Å². The van der Waals surface area contributed by atoms with Gasteiger partial charge in [-0.2, -0.15) is 0 Å². The van der Waals surface area contributed by atoms with Gasteiger partial charge < -0.3 is 15.2 Å². The fourth-order valence-electron chi connectivity index (χ4n) is 3.88. The van der Waals surface area contributed by atoms with Crippen LogP contribution in [0.2, 0.25) is 0 Å². The number of pyridine rings is 1. The van der Waals surface area contributed by atoms with Gasteiger partial charge in [0.1, 0.15) is 11.6 Å². The number of aryl methyl sites for hydroxylation is 2. The van der Waals surface area contributed by atoms with E-state index in [1.165, 1.54) is 5.56 Å². The number of aromatic amines is 1. The number of benzene rings is 1. The van der Waals surface area contributed by atoms with E-state index in [1.54, 1.807) is 13.1 Å². The topological polar surface area (TPSA) is 85.3 Å². The van der Waals surface area contributed by atoms with E-state index in [-0.39, 0.29) is 18.4 Å². The predicted octanol–water partition coefficient (Wildman–Crippen LogP) is 3.11. The minimum Gasteiger partial charge on any atom is -0.506 e. The molecule has 3 heterocycles. The van der Waals surface area contributed by atoms with Crippen molar-refractivity contribution in [1.82, 2.24) is 19.9 Å². The monoisotopic (exact) mass is 352 g/mol. The van der Waals surface area contributed by atoms with Crippen LogP contribution in [0.1, 0.15) is 47.1 Å². The van der Waals surface area contributed by atoms with Crippen molar-refractivity contribution >= 4 is 11.0 Å². The first kappa shape index (κ1) is 17.0. The third kappa shape index (κ3) is 2.85. The van der Waals surface area contributed by atoms with Crippen LogP contribution in [-0.2, 0) is 13.2 Å². The summed E-state index contributed by atoms with van der Waals surface area (Å²) < 4.78 is 0. The quantitative estimate of drug-likeness (QED) is 0.672. The Hall–Kier alpha value is -2.44. The van der Waals surface area contributed by atoms with E-state index in [0.717, 1.165) is 41.8 Å². The Morgan fingerprint density at radius 1 is 1.31 bits per heavy atom. The molecule has 26 heavy (non-hydrogen) atoms. The van der Waals surface area contributed by atoms with Crippen molar-refractivity contribution in [2.24, 2.45) is 0 Å². The highest BCUT2D eigenvalue weighted by Crippen LogP contribution is 2.35. The van der Waals surface area contributed by atoms with Gasteiger partial charge in [-0.05, 0) is 44.9 Å². The predicted molar refractivity (Wildman–Crippen MR) is 99.8 cm³/mol. The average Bonchev–Trinajstić information content (AvgIpc) is 3.26. The van der Waals surface area contributed by atoms with Crippen molar-refractivity contribution < 1.29 is 10.2 Å². The van der Waals surface area contributed by atoms with Crippen LogP contribution < -0.4 is 0 Å². The molecule has 1 aliphatic rings. The normalized spacial score (nSPS) is 18.0. The number of para-hydroxylation sites is 1. The van der Waals surface area contributed by atoms with E-state index >= 15 is 0 Å². The number of aromatic nitrogens is 3. The number of aliphatic hydroxyl groups is 1. The molecular formula is C20H24N4O2. The molecule has 3 N–H and O–H groups in total. The number of rotatable bonds is 4. The van der Waals surface area contributed by atoms with Crippen molar-refractivity contribution in [1.29, 1.82) is 0 Å². The molecule has 6 heteroatoms. The van der Waals surface area contributed by atoms with Crippen LogP contribution in [0.3, 0.4) is 0 Å². The van der Waals surface area contributed by atoms with Crippen LogP contribution >= 0.6 is 0 Å². The summed E-state index contributed by atoms with van der Waals surface area (Å²) >= 11 is 0. The Labute approximate surface area is 152 Å². The molecule has 0 amide bonds. The van der Waals surface area contributed by atoms with Crippen molar-refractivity contribution in [2.45, 2.75) is 45.9 Å². The molecular weight excluding hydrogens is 328 g/mol. The van der Waals surface area contributed by atoms with Crippen LogP contribution in [0.15, 0.2) is 24.4 Å². The molecule has 0 bridgehead atoms. The molecule has 0 spiro atoms. The minimum absolute atomic E-state index is 0.126. The maximum absolute atomic E-state index is 10.5. The molecule has 1 saturated heterocycles. The van der Waals surface area contributed by atoms with Gasteiger partial charge in [0, 0.05) is 23.9 Å². The largest absolute Gasteiger partial charge is 0.506 e. The van der Waals surface area contributed by atoms with Gasteiger partial charge in [-0.1, -0.05) is 12.1 Å². The molecule has 1 aromatic carbocycles. The molecule has 4 rings (SSSR count). The number of H-pyrrole nitrogens is 1. The van der Waals surface area contributed by atoms with Crippen LogP contribution in [0, 0.1) is 13.8 Å². The Kier molecular flexibility index (Phi) is 4.38. The van der Waals surface area contributed by atoms with Crippen molar-refractivity contribution in [3.05, 3.63) is 52.6 Å². The van der Waals surface area contributed by atoms with E-state index in [2.05, 4.69) is 33.9 Å². The molecule has 1 atom stereocenters. The lowest BCUT2D eigenvalue weighted by atomic mass is 10.1. The van der Waals surface area contributed by atoms with Crippen molar-refractivity contribution in [3.63, 3.8) is 0 Å². The zero-order valence-electron chi connectivity index (χ0n) is 15.2. The van der Waals surface area contributed by atoms with E-state index in [9.17, 15) is 10.2 Å². The number of nitrogens with one attached hydrogen (secondary N) is 1. The lowest BCUT2D eigenvalue weighted by Crippen LogP contribution is -2.24. The molecule has 0 radical (unpaired) electrons. The molecule has 1 fully saturated rings. The fraction of sp³-hybridized carbons (Fsp3) is 0.400. The second-order valence-electron chi connectivity index (χ2n) is 7.08. The second kappa shape index (κ2) is 6.70. The smallest absolute Gasteiger partial charge is 0.141 e. The third-order valence-electron chi connectivity index (χ3n) is 5.37. The zero-order chi connectivity index (χ0) is 18.3. The summed E-state index contributed by atoms with van der Waals surface area (Å²) in [6.45, 7) is 5.24. The van der Waals surface area contributed by atoms with E-state index in [4.69, 9.17) is 4.98 Å². The summed E-state index contributed by atoms with van der Waals surface area (Å²) in [5.41, 5.74) is 5.28. The summed E-state index contributed by atoms with van der Waals surface area (Å²) in [4.78, 5) is 14.8. The standard InChI is InChI=1S/C20H24N4O2/c1-12-5-3-6-16-18(12)23-20(22-16)17-7-4-8-24(17)10-15-14(11-25)9-21-13(2)19(15)26/h3,5-6,9,17,25-26H,4,7-8,10-11H2,1-2H3,(H,22,23). The average molecular weight is 352 g/mol. The number of aliphatic hydroxyl groups excluding tert-OH is 1. The summed E-state index contributed by atoms with van der Waals surface area (Å²) in [7, 11) is 0. The number of nitrogens with zero attached hydrogens (tertiary/aromatic N) is 3. The Bertz CT molecular complexity index is 950. The van der Waals surface area contributed by atoms with Gasteiger partial charge in [0.05, 0.1) is 29.4 Å². The Morgan fingerprint density at radius 2 is 2.15 bits per heavy atom. The van der Waals surface area contributed by atoms with Gasteiger partial charge in [0.2, 0.25) is 0 Å². The Balaban J connectivity index is 1.67. The third-order valence-corrected chi connectivity index (χ3v) is 5.37.